The van der Waals surface area contributed by atoms with Gasteiger partial charge in [0.15, 0.2) is 0 Å². The van der Waals surface area contributed by atoms with Crippen LogP contribution in [-0.4, -0.2) is 43.8 Å². The van der Waals surface area contributed by atoms with Gasteiger partial charge < -0.3 is 21.1 Å². The Morgan fingerprint density at radius 3 is 2.50 bits per heavy atom. The lowest BCUT2D eigenvalue weighted by atomic mass is 9.87. The standard InChI is InChI=1S/C22H32N6O2/c1-15-8-12-27(13-9-15)17-7-6-16(19(29)30-2)14-18(17)28-21(24)25-20(23)26-22(28)10-4-3-5-11-22/h6-7,14-15H,3-5,8-13H2,1-2H3,(H4,23,24,25,26). The molecule has 1 saturated heterocycles. The highest BCUT2D eigenvalue weighted by molar-refractivity contribution is 6.08. The minimum absolute atomic E-state index is 0.225. The van der Waals surface area contributed by atoms with Gasteiger partial charge in [0.1, 0.15) is 5.66 Å². The average Bonchev–Trinajstić information content (AvgIpc) is 2.74. The summed E-state index contributed by atoms with van der Waals surface area (Å²) in [7, 11) is 1.40. The van der Waals surface area contributed by atoms with Crippen molar-refractivity contribution < 1.29 is 9.53 Å². The van der Waals surface area contributed by atoms with Crippen LogP contribution in [0.1, 0.15) is 62.2 Å². The van der Waals surface area contributed by atoms with Crippen LogP contribution < -0.4 is 21.3 Å². The quantitative estimate of drug-likeness (QED) is 0.739. The largest absolute Gasteiger partial charge is 0.465 e. The third-order valence-corrected chi connectivity index (χ3v) is 6.61. The maximum Gasteiger partial charge on any atom is 0.337 e. The van der Waals surface area contributed by atoms with Crippen LogP contribution in [0.25, 0.3) is 0 Å². The number of guanidine groups is 2. The Kier molecular flexibility index (Phi) is 5.58. The van der Waals surface area contributed by atoms with Crippen LogP contribution >= 0.6 is 0 Å². The highest BCUT2D eigenvalue weighted by Gasteiger charge is 2.44. The van der Waals surface area contributed by atoms with Gasteiger partial charge in [0.2, 0.25) is 11.9 Å². The van der Waals surface area contributed by atoms with E-state index in [2.05, 4.69) is 16.8 Å². The van der Waals surface area contributed by atoms with Crippen molar-refractivity contribution in [3.8, 4) is 0 Å². The summed E-state index contributed by atoms with van der Waals surface area (Å²) in [6.45, 7) is 4.23. The lowest BCUT2D eigenvalue weighted by Gasteiger charge is -2.47. The first kappa shape index (κ1) is 20.5. The predicted molar refractivity (Wildman–Crippen MR) is 120 cm³/mol. The smallest absolute Gasteiger partial charge is 0.337 e. The molecule has 1 spiro atoms. The third-order valence-electron chi connectivity index (χ3n) is 6.61. The highest BCUT2D eigenvalue weighted by atomic mass is 16.5. The summed E-state index contributed by atoms with van der Waals surface area (Å²) in [5.41, 5.74) is 14.3. The first-order valence-electron chi connectivity index (χ1n) is 10.9. The molecule has 1 saturated carbocycles. The Morgan fingerprint density at radius 1 is 1.13 bits per heavy atom. The minimum atomic E-state index is -0.555. The number of esters is 1. The lowest BCUT2D eigenvalue weighted by molar-refractivity contribution is 0.0600. The van der Waals surface area contributed by atoms with E-state index in [9.17, 15) is 4.79 Å². The molecule has 2 aliphatic heterocycles. The molecule has 4 rings (SSSR count). The van der Waals surface area contributed by atoms with Crippen LogP contribution in [-0.2, 0) is 4.74 Å². The van der Waals surface area contributed by atoms with Gasteiger partial charge in [-0.1, -0.05) is 13.3 Å². The van der Waals surface area contributed by atoms with Crippen LogP contribution in [0.4, 0.5) is 11.4 Å². The molecule has 1 aliphatic carbocycles. The van der Waals surface area contributed by atoms with Crippen molar-refractivity contribution in [1.29, 1.82) is 0 Å². The first-order chi connectivity index (χ1) is 14.4. The zero-order valence-corrected chi connectivity index (χ0v) is 17.9. The van der Waals surface area contributed by atoms with Gasteiger partial charge in [-0.15, -0.1) is 0 Å². The Balaban J connectivity index is 1.83. The molecule has 30 heavy (non-hydrogen) atoms. The maximum atomic E-state index is 12.3. The van der Waals surface area contributed by atoms with E-state index in [0.717, 1.165) is 68.9 Å². The summed E-state index contributed by atoms with van der Waals surface area (Å²) in [6.07, 6.45) is 7.24. The molecule has 0 unspecified atom stereocenters. The number of carbonyl (C=O) groups excluding carboxylic acids is 1. The molecule has 0 amide bonds. The van der Waals surface area contributed by atoms with E-state index >= 15 is 0 Å². The SMILES string of the molecule is COC(=O)c1ccc(N2CCC(C)CC2)c(N2C(N)=NC(N)=NC23CCCCC3)c1. The fourth-order valence-electron chi connectivity index (χ4n) is 4.93. The molecule has 8 heteroatoms. The van der Waals surface area contributed by atoms with E-state index in [0.29, 0.717) is 11.5 Å². The molecule has 0 radical (unpaired) electrons. The van der Waals surface area contributed by atoms with Gasteiger partial charge in [-0.3, -0.25) is 4.90 Å². The Hall–Kier alpha value is -2.77. The van der Waals surface area contributed by atoms with Crippen LogP contribution in [0.15, 0.2) is 28.2 Å². The number of hydrogen-bond acceptors (Lipinski definition) is 8. The number of methoxy groups -OCH3 is 1. The van der Waals surface area contributed by atoms with E-state index in [1.807, 2.05) is 23.1 Å². The average molecular weight is 413 g/mol. The van der Waals surface area contributed by atoms with E-state index in [-0.39, 0.29) is 11.9 Å². The summed E-state index contributed by atoms with van der Waals surface area (Å²) in [6, 6.07) is 5.70. The Bertz CT molecular complexity index is 866. The summed E-state index contributed by atoms with van der Waals surface area (Å²) in [4.78, 5) is 25.8. The molecule has 162 valence electrons. The van der Waals surface area contributed by atoms with E-state index in [4.69, 9.17) is 21.2 Å². The number of nitrogens with two attached hydrogens (primary N) is 2. The molecule has 2 heterocycles. The predicted octanol–water partition coefficient (Wildman–Crippen LogP) is 2.82. The second kappa shape index (κ2) is 8.16. The van der Waals surface area contributed by atoms with E-state index < -0.39 is 5.66 Å². The number of carbonyl (C=O) groups is 1. The molecular formula is C22H32N6O2. The van der Waals surface area contributed by atoms with Crippen LogP contribution in [0.5, 0.6) is 0 Å². The summed E-state index contributed by atoms with van der Waals surface area (Å²) >= 11 is 0. The van der Waals surface area contributed by atoms with Gasteiger partial charge in [-0.05, 0) is 62.6 Å². The van der Waals surface area contributed by atoms with Gasteiger partial charge >= 0.3 is 5.97 Å². The highest BCUT2D eigenvalue weighted by Crippen LogP contribution is 2.43. The molecule has 0 bridgehead atoms. The van der Waals surface area contributed by atoms with Crippen molar-refractivity contribution in [2.45, 2.75) is 57.5 Å². The first-order valence-corrected chi connectivity index (χ1v) is 10.9. The van der Waals surface area contributed by atoms with Gasteiger partial charge in [-0.25, -0.2) is 9.79 Å². The van der Waals surface area contributed by atoms with Crippen molar-refractivity contribution >= 4 is 29.3 Å². The fourth-order valence-corrected chi connectivity index (χ4v) is 4.93. The molecule has 0 atom stereocenters. The molecule has 1 aromatic carbocycles. The van der Waals surface area contributed by atoms with Crippen molar-refractivity contribution in [3.05, 3.63) is 23.8 Å². The van der Waals surface area contributed by atoms with Crippen molar-refractivity contribution in [1.82, 2.24) is 0 Å². The number of ether oxygens (including phenoxy) is 1. The number of anilines is 2. The van der Waals surface area contributed by atoms with Crippen molar-refractivity contribution in [2.75, 3.05) is 30.0 Å². The van der Waals surface area contributed by atoms with Crippen LogP contribution in [0.3, 0.4) is 0 Å². The maximum absolute atomic E-state index is 12.3. The fraction of sp³-hybridized carbons (Fsp3) is 0.591. The second-order valence-electron chi connectivity index (χ2n) is 8.68. The number of hydrogen-bond donors (Lipinski definition) is 2. The number of benzene rings is 1. The normalized spacial score (nSPS) is 21.9. The van der Waals surface area contributed by atoms with Crippen LogP contribution in [0.2, 0.25) is 0 Å². The van der Waals surface area contributed by atoms with Crippen LogP contribution in [0, 0.1) is 5.92 Å². The number of nitrogens with zero attached hydrogens (tertiary/aromatic N) is 4. The molecule has 2 fully saturated rings. The molecule has 4 N–H and O–H groups in total. The van der Waals surface area contributed by atoms with Crippen molar-refractivity contribution in [3.63, 3.8) is 0 Å². The molecule has 3 aliphatic rings. The van der Waals surface area contributed by atoms with Gasteiger partial charge in [-0.2, -0.15) is 4.99 Å². The Labute approximate surface area is 178 Å². The van der Waals surface area contributed by atoms with Gasteiger partial charge in [0.05, 0.1) is 24.0 Å². The van der Waals surface area contributed by atoms with Crippen molar-refractivity contribution in [2.24, 2.45) is 27.4 Å². The summed E-state index contributed by atoms with van der Waals surface area (Å²) < 4.78 is 4.98. The second-order valence-corrected chi connectivity index (χ2v) is 8.68. The monoisotopic (exact) mass is 412 g/mol. The molecule has 0 aromatic heterocycles. The van der Waals surface area contributed by atoms with Gasteiger partial charge in [0.25, 0.3) is 0 Å². The zero-order valence-electron chi connectivity index (χ0n) is 17.9. The Morgan fingerprint density at radius 2 is 1.83 bits per heavy atom. The number of aliphatic imine (C=N–C) groups is 2. The lowest BCUT2D eigenvalue weighted by Crippen LogP contribution is -2.58. The zero-order chi connectivity index (χ0) is 21.3. The third kappa shape index (κ3) is 3.70. The van der Waals surface area contributed by atoms with E-state index in [1.54, 1.807) is 0 Å². The summed E-state index contributed by atoms with van der Waals surface area (Å²) in [5, 5.41) is 0. The molecule has 1 aromatic rings. The minimum Gasteiger partial charge on any atom is -0.465 e. The van der Waals surface area contributed by atoms with E-state index in [1.165, 1.54) is 13.5 Å². The van der Waals surface area contributed by atoms with Gasteiger partial charge in [0, 0.05) is 13.1 Å². The number of piperidine rings is 1. The topological polar surface area (TPSA) is 110 Å². The molecular weight excluding hydrogens is 380 g/mol. The molecule has 8 nitrogen and oxygen atoms in total. The summed E-state index contributed by atoms with van der Waals surface area (Å²) in [5.74, 6) is 0.902. The number of rotatable bonds is 3.